The summed E-state index contributed by atoms with van der Waals surface area (Å²) in [6.07, 6.45) is 4.64. The predicted octanol–water partition coefficient (Wildman–Crippen LogP) is 3.54. The van der Waals surface area contributed by atoms with Crippen LogP contribution in [0.5, 0.6) is 11.5 Å². The molecule has 6 heteroatoms. The summed E-state index contributed by atoms with van der Waals surface area (Å²) in [6, 6.07) is 15.9. The first-order valence-corrected chi connectivity index (χ1v) is 9.88. The van der Waals surface area contributed by atoms with Crippen molar-refractivity contribution in [2.24, 2.45) is 11.1 Å². The number of piperidine rings is 1. The number of amides is 1. The Morgan fingerprint density at radius 1 is 1.10 bits per heavy atom. The zero-order chi connectivity index (χ0) is 20.5. The molecule has 0 bridgehead atoms. The fraction of sp³-hybridized carbons (Fsp3) is 0.391. The van der Waals surface area contributed by atoms with Gasteiger partial charge in [-0.1, -0.05) is 35.5 Å². The standard InChI is InChI=1S/C23H28N2O4/c1-27-21-8-9-22(28-2)20(15-21)16-24-29-17-23(26)25-12-10-19(11-13-25)14-18-6-4-3-5-7-18/h3-9,15-16,19H,10-14,17H2,1-2H3/b24-16-. The van der Waals surface area contributed by atoms with Gasteiger partial charge in [-0.25, -0.2) is 0 Å². The van der Waals surface area contributed by atoms with Crippen LogP contribution in [-0.2, 0) is 16.1 Å². The summed E-state index contributed by atoms with van der Waals surface area (Å²) >= 11 is 0. The molecule has 1 aliphatic rings. The number of carbonyl (C=O) groups excluding carboxylic acids is 1. The van der Waals surface area contributed by atoms with Gasteiger partial charge >= 0.3 is 0 Å². The van der Waals surface area contributed by atoms with Crippen molar-refractivity contribution in [1.29, 1.82) is 0 Å². The van der Waals surface area contributed by atoms with Gasteiger partial charge in [-0.15, -0.1) is 0 Å². The third kappa shape index (κ3) is 5.98. The minimum absolute atomic E-state index is 0.0297. The lowest BCUT2D eigenvalue weighted by Crippen LogP contribution is -2.40. The van der Waals surface area contributed by atoms with E-state index in [0.29, 0.717) is 17.4 Å². The molecule has 1 saturated heterocycles. The molecule has 0 unspecified atom stereocenters. The molecule has 6 nitrogen and oxygen atoms in total. The first-order valence-electron chi connectivity index (χ1n) is 9.88. The molecular formula is C23H28N2O4. The maximum absolute atomic E-state index is 12.4. The Bertz CT molecular complexity index is 815. The van der Waals surface area contributed by atoms with Gasteiger partial charge in [-0.3, -0.25) is 4.79 Å². The summed E-state index contributed by atoms with van der Waals surface area (Å²) in [5, 5.41) is 3.92. The van der Waals surface area contributed by atoms with Crippen molar-refractivity contribution in [3.8, 4) is 11.5 Å². The first kappa shape index (κ1) is 20.7. The number of nitrogens with zero attached hydrogens (tertiary/aromatic N) is 2. The highest BCUT2D eigenvalue weighted by molar-refractivity contribution is 5.84. The van der Waals surface area contributed by atoms with Crippen molar-refractivity contribution >= 4 is 12.1 Å². The second-order valence-electron chi connectivity index (χ2n) is 7.13. The summed E-state index contributed by atoms with van der Waals surface area (Å²) in [7, 11) is 3.19. The molecule has 1 amide bonds. The van der Waals surface area contributed by atoms with E-state index in [2.05, 4.69) is 29.4 Å². The molecule has 2 aromatic rings. The van der Waals surface area contributed by atoms with Gasteiger partial charge in [-0.2, -0.15) is 0 Å². The van der Waals surface area contributed by atoms with Gasteiger partial charge in [0, 0.05) is 18.7 Å². The molecule has 154 valence electrons. The Balaban J connectivity index is 1.43. The minimum atomic E-state index is -0.0634. The summed E-state index contributed by atoms with van der Waals surface area (Å²) in [6.45, 7) is 1.48. The number of oxime groups is 1. The number of benzene rings is 2. The van der Waals surface area contributed by atoms with E-state index in [1.165, 1.54) is 11.8 Å². The molecular weight excluding hydrogens is 368 g/mol. The van der Waals surface area contributed by atoms with Gasteiger partial charge in [0.05, 0.1) is 20.4 Å². The number of hydrogen-bond donors (Lipinski definition) is 0. The molecule has 0 atom stereocenters. The van der Waals surface area contributed by atoms with Crippen molar-refractivity contribution in [3.05, 3.63) is 59.7 Å². The van der Waals surface area contributed by atoms with Crippen LogP contribution in [0.2, 0.25) is 0 Å². The van der Waals surface area contributed by atoms with E-state index in [1.807, 2.05) is 17.0 Å². The van der Waals surface area contributed by atoms with Crippen LogP contribution >= 0.6 is 0 Å². The highest BCUT2D eigenvalue weighted by atomic mass is 16.6. The summed E-state index contributed by atoms with van der Waals surface area (Å²) in [5.41, 5.74) is 2.09. The van der Waals surface area contributed by atoms with Crippen LogP contribution in [0.3, 0.4) is 0 Å². The Kier molecular flexibility index (Phi) is 7.50. The van der Waals surface area contributed by atoms with Gasteiger partial charge < -0.3 is 19.2 Å². The van der Waals surface area contributed by atoms with E-state index in [0.717, 1.165) is 37.9 Å². The molecule has 0 aromatic heterocycles. The summed E-state index contributed by atoms with van der Waals surface area (Å²) < 4.78 is 10.5. The first-order chi connectivity index (χ1) is 14.2. The monoisotopic (exact) mass is 396 g/mol. The van der Waals surface area contributed by atoms with E-state index in [-0.39, 0.29) is 12.5 Å². The van der Waals surface area contributed by atoms with E-state index in [1.54, 1.807) is 26.4 Å². The predicted molar refractivity (Wildman–Crippen MR) is 113 cm³/mol. The molecule has 2 aromatic carbocycles. The average molecular weight is 396 g/mol. The lowest BCUT2D eigenvalue weighted by molar-refractivity contribution is -0.137. The highest BCUT2D eigenvalue weighted by Crippen LogP contribution is 2.23. The number of carbonyl (C=O) groups is 1. The van der Waals surface area contributed by atoms with Gasteiger partial charge in [0.1, 0.15) is 11.5 Å². The summed E-state index contributed by atoms with van der Waals surface area (Å²) in [4.78, 5) is 19.5. The Hall–Kier alpha value is -3.02. The third-order valence-corrected chi connectivity index (χ3v) is 5.23. The molecule has 29 heavy (non-hydrogen) atoms. The van der Waals surface area contributed by atoms with Crippen LogP contribution in [0.15, 0.2) is 53.7 Å². The van der Waals surface area contributed by atoms with Crippen LogP contribution in [0.4, 0.5) is 0 Å². The van der Waals surface area contributed by atoms with Crippen molar-refractivity contribution in [1.82, 2.24) is 4.90 Å². The lowest BCUT2D eigenvalue weighted by atomic mass is 9.90. The van der Waals surface area contributed by atoms with Crippen molar-refractivity contribution in [2.75, 3.05) is 33.9 Å². The fourth-order valence-corrected chi connectivity index (χ4v) is 3.55. The Morgan fingerprint density at radius 3 is 2.55 bits per heavy atom. The molecule has 1 aliphatic heterocycles. The summed E-state index contributed by atoms with van der Waals surface area (Å²) in [5.74, 6) is 1.95. The highest BCUT2D eigenvalue weighted by Gasteiger charge is 2.23. The van der Waals surface area contributed by atoms with E-state index < -0.39 is 0 Å². The molecule has 0 spiro atoms. The minimum Gasteiger partial charge on any atom is -0.497 e. The van der Waals surface area contributed by atoms with Gasteiger partial charge in [0.25, 0.3) is 5.91 Å². The Labute approximate surface area is 172 Å². The zero-order valence-corrected chi connectivity index (χ0v) is 17.0. The Morgan fingerprint density at radius 2 is 1.86 bits per heavy atom. The fourth-order valence-electron chi connectivity index (χ4n) is 3.55. The van der Waals surface area contributed by atoms with Gasteiger partial charge in [-0.05, 0) is 48.9 Å². The zero-order valence-electron chi connectivity index (χ0n) is 17.0. The molecule has 0 N–H and O–H groups in total. The number of rotatable bonds is 8. The largest absolute Gasteiger partial charge is 0.497 e. The third-order valence-electron chi connectivity index (χ3n) is 5.23. The van der Waals surface area contributed by atoms with Crippen LogP contribution in [-0.4, -0.2) is 50.9 Å². The van der Waals surface area contributed by atoms with E-state index in [9.17, 15) is 4.79 Å². The molecule has 0 radical (unpaired) electrons. The maximum atomic E-state index is 12.4. The van der Waals surface area contributed by atoms with Crippen molar-refractivity contribution in [3.63, 3.8) is 0 Å². The van der Waals surface area contributed by atoms with Gasteiger partial charge in [0.15, 0.2) is 6.61 Å². The van der Waals surface area contributed by atoms with Crippen LogP contribution in [0.25, 0.3) is 0 Å². The lowest BCUT2D eigenvalue weighted by Gasteiger charge is -2.31. The quantitative estimate of drug-likeness (QED) is 0.506. The van der Waals surface area contributed by atoms with Crippen LogP contribution in [0, 0.1) is 5.92 Å². The number of likely N-dealkylation sites (tertiary alicyclic amines) is 1. The maximum Gasteiger partial charge on any atom is 0.263 e. The van der Waals surface area contributed by atoms with Crippen LogP contribution in [0.1, 0.15) is 24.0 Å². The second kappa shape index (κ2) is 10.5. The number of hydrogen-bond acceptors (Lipinski definition) is 5. The average Bonchev–Trinajstić information content (AvgIpc) is 2.77. The normalized spacial score (nSPS) is 14.8. The van der Waals surface area contributed by atoms with Crippen molar-refractivity contribution < 1.29 is 19.1 Å². The SMILES string of the molecule is COc1ccc(OC)c(/C=N\OCC(=O)N2CCC(Cc3ccccc3)CC2)c1. The van der Waals surface area contributed by atoms with E-state index in [4.69, 9.17) is 14.3 Å². The molecule has 1 fully saturated rings. The van der Waals surface area contributed by atoms with Crippen molar-refractivity contribution in [2.45, 2.75) is 19.3 Å². The van der Waals surface area contributed by atoms with E-state index >= 15 is 0 Å². The molecule has 1 heterocycles. The number of methoxy groups -OCH3 is 2. The number of ether oxygens (including phenoxy) is 2. The smallest absolute Gasteiger partial charge is 0.263 e. The molecule has 0 saturated carbocycles. The van der Waals surface area contributed by atoms with Crippen LogP contribution < -0.4 is 9.47 Å². The second-order valence-corrected chi connectivity index (χ2v) is 7.13. The topological polar surface area (TPSA) is 60.4 Å². The van der Waals surface area contributed by atoms with Gasteiger partial charge in [0.2, 0.25) is 0 Å². The molecule has 3 rings (SSSR count). The molecule has 0 aliphatic carbocycles.